The number of carboxylic acid groups (broad SMARTS) is 1. The van der Waals surface area contributed by atoms with Gasteiger partial charge in [0.2, 0.25) is 0 Å². The van der Waals surface area contributed by atoms with Crippen LogP contribution in [0.25, 0.3) is 27.6 Å². The minimum atomic E-state index is -1.11. The highest BCUT2D eigenvalue weighted by Crippen LogP contribution is 2.35. The number of furan rings is 1. The summed E-state index contributed by atoms with van der Waals surface area (Å²) >= 11 is 8.71. The van der Waals surface area contributed by atoms with Crippen molar-refractivity contribution >= 4 is 57.0 Å². The summed E-state index contributed by atoms with van der Waals surface area (Å²) in [4.78, 5) is 16.2. The summed E-state index contributed by atoms with van der Waals surface area (Å²) in [7, 11) is 0. The first kappa shape index (κ1) is 19.3. The molecule has 5 nitrogen and oxygen atoms in total. The lowest BCUT2D eigenvalue weighted by Crippen LogP contribution is -1.97. The SMILES string of the molecule is N#CC(=Cc1ccc(-c2ccc(Cl)c(C(=O)O)c2)o1)Sc1nc2ccccc2s1. The molecule has 0 fully saturated rings. The van der Waals surface area contributed by atoms with Crippen molar-refractivity contribution in [3.05, 3.63) is 75.8 Å². The maximum atomic E-state index is 11.3. The van der Waals surface area contributed by atoms with E-state index < -0.39 is 5.97 Å². The van der Waals surface area contributed by atoms with Crippen LogP contribution in [-0.4, -0.2) is 16.1 Å². The second-order valence-electron chi connectivity index (χ2n) is 5.87. The van der Waals surface area contributed by atoms with Gasteiger partial charge in [-0.1, -0.05) is 23.7 Å². The molecular formula is C21H11ClN2O3S2. The number of benzene rings is 2. The fourth-order valence-electron chi connectivity index (χ4n) is 2.63. The van der Waals surface area contributed by atoms with Gasteiger partial charge in [-0.05, 0) is 54.2 Å². The first-order chi connectivity index (χ1) is 14.0. The van der Waals surface area contributed by atoms with E-state index in [1.165, 1.54) is 35.2 Å². The van der Waals surface area contributed by atoms with Gasteiger partial charge in [0.05, 0.1) is 25.7 Å². The maximum absolute atomic E-state index is 11.3. The van der Waals surface area contributed by atoms with Crippen molar-refractivity contribution in [1.29, 1.82) is 5.26 Å². The van der Waals surface area contributed by atoms with Crippen LogP contribution in [0.4, 0.5) is 0 Å². The van der Waals surface area contributed by atoms with E-state index >= 15 is 0 Å². The number of hydrogen-bond donors (Lipinski definition) is 1. The summed E-state index contributed by atoms with van der Waals surface area (Å²) < 4.78 is 7.61. The predicted molar refractivity (Wildman–Crippen MR) is 115 cm³/mol. The summed E-state index contributed by atoms with van der Waals surface area (Å²) in [5, 5.41) is 18.9. The molecule has 0 aliphatic heterocycles. The molecule has 4 rings (SSSR count). The smallest absolute Gasteiger partial charge is 0.337 e. The lowest BCUT2D eigenvalue weighted by atomic mass is 10.1. The molecule has 29 heavy (non-hydrogen) atoms. The molecule has 0 unspecified atom stereocenters. The minimum absolute atomic E-state index is 0.00163. The van der Waals surface area contributed by atoms with E-state index in [0.29, 0.717) is 22.0 Å². The molecule has 8 heteroatoms. The number of halogens is 1. The number of nitriles is 1. The number of carbonyl (C=O) groups is 1. The zero-order valence-electron chi connectivity index (χ0n) is 14.6. The molecule has 0 spiro atoms. The molecule has 0 amide bonds. The van der Waals surface area contributed by atoms with Crippen LogP contribution in [-0.2, 0) is 0 Å². The van der Waals surface area contributed by atoms with Crippen molar-refractivity contribution in [3.8, 4) is 17.4 Å². The number of carboxylic acids is 1. The number of aromatic nitrogens is 1. The highest BCUT2D eigenvalue weighted by Gasteiger charge is 2.13. The van der Waals surface area contributed by atoms with Gasteiger partial charge in [0.15, 0.2) is 4.34 Å². The van der Waals surface area contributed by atoms with Crippen molar-refractivity contribution in [2.75, 3.05) is 0 Å². The van der Waals surface area contributed by atoms with E-state index in [1.54, 1.807) is 24.3 Å². The van der Waals surface area contributed by atoms with E-state index in [4.69, 9.17) is 16.0 Å². The Morgan fingerprint density at radius 2 is 2.07 bits per heavy atom. The molecule has 0 saturated heterocycles. The fraction of sp³-hybridized carbons (Fsp3) is 0. The van der Waals surface area contributed by atoms with E-state index in [0.717, 1.165) is 14.6 Å². The van der Waals surface area contributed by atoms with Crippen LogP contribution in [0, 0.1) is 11.3 Å². The summed E-state index contributed by atoms with van der Waals surface area (Å²) in [6, 6.07) is 18.1. The van der Waals surface area contributed by atoms with E-state index in [9.17, 15) is 15.2 Å². The van der Waals surface area contributed by atoms with Crippen molar-refractivity contribution in [2.24, 2.45) is 0 Å². The molecule has 0 aliphatic rings. The summed E-state index contributed by atoms with van der Waals surface area (Å²) in [5.74, 6) is -0.141. The zero-order valence-corrected chi connectivity index (χ0v) is 17.0. The van der Waals surface area contributed by atoms with Crippen LogP contribution in [0.3, 0.4) is 0 Å². The number of allylic oxidation sites excluding steroid dienone is 1. The first-order valence-corrected chi connectivity index (χ1v) is 10.3. The van der Waals surface area contributed by atoms with Crippen LogP contribution in [0.5, 0.6) is 0 Å². The Morgan fingerprint density at radius 1 is 1.24 bits per heavy atom. The molecule has 142 valence electrons. The number of thioether (sulfide) groups is 1. The predicted octanol–water partition coefficient (Wildman–Crippen LogP) is 6.56. The monoisotopic (exact) mass is 438 g/mol. The van der Waals surface area contributed by atoms with Gasteiger partial charge in [-0.3, -0.25) is 0 Å². The van der Waals surface area contributed by atoms with E-state index in [2.05, 4.69) is 11.1 Å². The number of fused-ring (bicyclic) bond motifs is 1. The third-order valence-electron chi connectivity index (χ3n) is 3.96. The van der Waals surface area contributed by atoms with Crippen molar-refractivity contribution in [2.45, 2.75) is 4.34 Å². The Labute approximate surface area is 178 Å². The number of para-hydroxylation sites is 1. The summed E-state index contributed by atoms with van der Waals surface area (Å²) in [5.41, 5.74) is 1.49. The highest BCUT2D eigenvalue weighted by atomic mass is 35.5. The number of aromatic carboxylic acids is 1. The second-order valence-corrected chi connectivity index (χ2v) is 8.60. The van der Waals surface area contributed by atoms with E-state index in [1.807, 2.05) is 24.3 Å². The molecular weight excluding hydrogens is 428 g/mol. The molecule has 2 heterocycles. The quantitative estimate of drug-likeness (QED) is 0.280. The number of hydrogen-bond acceptors (Lipinski definition) is 6. The Hall–Kier alpha value is -3.05. The number of nitrogens with zero attached hydrogens (tertiary/aromatic N) is 2. The van der Waals surface area contributed by atoms with Gasteiger partial charge in [0, 0.05) is 11.6 Å². The first-order valence-electron chi connectivity index (χ1n) is 8.32. The van der Waals surface area contributed by atoms with Crippen molar-refractivity contribution in [1.82, 2.24) is 4.98 Å². The minimum Gasteiger partial charge on any atom is -0.478 e. The maximum Gasteiger partial charge on any atom is 0.337 e. The van der Waals surface area contributed by atoms with Crippen LogP contribution in [0.1, 0.15) is 16.1 Å². The number of thiazole rings is 1. The molecule has 0 radical (unpaired) electrons. The van der Waals surface area contributed by atoms with Crippen molar-refractivity contribution < 1.29 is 14.3 Å². The molecule has 4 aromatic rings. The average Bonchev–Trinajstić information content (AvgIpc) is 3.34. The van der Waals surface area contributed by atoms with Gasteiger partial charge in [0.1, 0.15) is 17.6 Å². The standard InChI is InChI=1S/C21H11ClN2O3S2/c22-16-7-5-12(9-15(16)20(25)26)18-8-6-13(27-18)10-14(11-23)28-21-24-17-3-1-2-4-19(17)29-21/h1-10H,(H,25,26). The topological polar surface area (TPSA) is 87.1 Å². The second kappa shape index (κ2) is 8.13. The van der Waals surface area contributed by atoms with Crippen LogP contribution in [0.2, 0.25) is 5.02 Å². The van der Waals surface area contributed by atoms with Gasteiger partial charge in [-0.2, -0.15) is 5.26 Å². The molecule has 0 aliphatic carbocycles. The third-order valence-corrected chi connectivity index (χ3v) is 6.32. The van der Waals surface area contributed by atoms with Gasteiger partial charge >= 0.3 is 5.97 Å². The molecule has 2 aromatic carbocycles. The zero-order chi connectivity index (χ0) is 20.4. The Kier molecular flexibility index (Phi) is 5.41. The van der Waals surface area contributed by atoms with E-state index in [-0.39, 0.29) is 10.6 Å². The third kappa shape index (κ3) is 4.20. The summed E-state index contributed by atoms with van der Waals surface area (Å²) in [6.07, 6.45) is 1.63. The lowest BCUT2D eigenvalue weighted by Gasteiger charge is -2.02. The van der Waals surface area contributed by atoms with Crippen LogP contribution < -0.4 is 0 Å². The van der Waals surface area contributed by atoms with Gasteiger partial charge in [-0.25, -0.2) is 9.78 Å². The van der Waals surface area contributed by atoms with Crippen molar-refractivity contribution in [3.63, 3.8) is 0 Å². The molecule has 0 bridgehead atoms. The Bertz CT molecular complexity index is 1270. The highest BCUT2D eigenvalue weighted by molar-refractivity contribution is 8.05. The molecule has 0 saturated carbocycles. The van der Waals surface area contributed by atoms with Gasteiger partial charge in [-0.15, -0.1) is 11.3 Å². The number of rotatable bonds is 5. The van der Waals surface area contributed by atoms with Gasteiger partial charge < -0.3 is 9.52 Å². The largest absolute Gasteiger partial charge is 0.478 e. The van der Waals surface area contributed by atoms with Crippen LogP contribution >= 0.6 is 34.7 Å². The Balaban J connectivity index is 1.59. The molecule has 0 atom stereocenters. The normalized spacial score (nSPS) is 11.5. The van der Waals surface area contributed by atoms with Gasteiger partial charge in [0.25, 0.3) is 0 Å². The Morgan fingerprint density at radius 3 is 2.83 bits per heavy atom. The fourth-order valence-corrected chi connectivity index (χ4v) is 4.78. The molecule has 1 N–H and O–H groups in total. The average molecular weight is 439 g/mol. The lowest BCUT2D eigenvalue weighted by molar-refractivity contribution is 0.0697. The summed E-state index contributed by atoms with van der Waals surface area (Å²) in [6.45, 7) is 0. The molecule has 2 aromatic heterocycles. The van der Waals surface area contributed by atoms with Crippen LogP contribution in [0.15, 0.2) is 68.3 Å².